The van der Waals surface area contributed by atoms with Gasteiger partial charge in [0.25, 0.3) is 0 Å². The number of hydrogen-bond donors (Lipinski definition) is 0. The number of rotatable bonds is 3. The maximum atomic E-state index is 11.3. The number of phosphoric acid groups is 1. The van der Waals surface area contributed by atoms with Crippen molar-refractivity contribution in [3.63, 3.8) is 0 Å². The maximum Gasteiger partial charge on any atom is 0.475 e. The highest BCUT2D eigenvalue weighted by molar-refractivity contribution is 7.48. The highest BCUT2D eigenvalue weighted by Crippen LogP contribution is 2.54. The van der Waals surface area contributed by atoms with Crippen molar-refractivity contribution >= 4 is 7.82 Å². The van der Waals surface area contributed by atoms with Gasteiger partial charge in [0.15, 0.2) is 0 Å². The van der Waals surface area contributed by atoms with Crippen LogP contribution in [0.15, 0.2) is 12.7 Å². The second-order valence-corrected chi connectivity index (χ2v) is 3.66. The van der Waals surface area contributed by atoms with Gasteiger partial charge in [-0.2, -0.15) is 0 Å². The van der Waals surface area contributed by atoms with Gasteiger partial charge in [0, 0.05) is 0 Å². The van der Waals surface area contributed by atoms with Crippen molar-refractivity contribution in [1.82, 2.24) is 0 Å². The molecule has 0 bridgehead atoms. The Hall–Kier alpha value is -0.150. The van der Waals surface area contributed by atoms with Crippen LogP contribution >= 0.6 is 7.82 Å². The van der Waals surface area contributed by atoms with Crippen molar-refractivity contribution in [3.8, 4) is 0 Å². The van der Waals surface area contributed by atoms with Crippen LogP contribution in [0.3, 0.4) is 0 Å². The lowest BCUT2D eigenvalue weighted by molar-refractivity contribution is 0.191. The molecule has 0 aromatic rings. The van der Waals surface area contributed by atoms with Crippen LogP contribution in [0.2, 0.25) is 0 Å². The minimum Gasteiger partial charge on any atom is -0.287 e. The Morgan fingerprint density at radius 2 is 2.64 bits per heavy atom. The summed E-state index contributed by atoms with van der Waals surface area (Å²) in [5, 5.41) is 0. The average Bonchev–Trinajstić information content (AvgIpc) is 2.33. The third-order valence-corrected chi connectivity index (χ3v) is 2.78. The smallest absolute Gasteiger partial charge is 0.287 e. The first-order chi connectivity index (χ1) is 5.20. The van der Waals surface area contributed by atoms with E-state index in [2.05, 4.69) is 6.58 Å². The second kappa shape index (κ2) is 3.50. The first kappa shape index (κ1) is 8.94. The van der Waals surface area contributed by atoms with E-state index in [1.165, 1.54) is 0 Å². The van der Waals surface area contributed by atoms with Gasteiger partial charge < -0.3 is 0 Å². The molecule has 0 aromatic carbocycles. The first-order valence-electron chi connectivity index (χ1n) is 3.40. The fourth-order valence-electron chi connectivity index (χ4n) is 0.728. The van der Waals surface area contributed by atoms with Gasteiger partial charge in [0.2, 0.25) is 0 Å². The Bertz CT molecular complexity index is 191. The van der Waals surface area contributed by atoms with E-state index in [0.717, 1.165) is 0 Å². The molecular formula is C6H11O4P. The summed E-state index contributed by atoms with van der Waals surface area (Å²) in [5.41, 5.74) is 0. The van der Waals surface area contributed by atoms with Gasteiger partial charge in [-0.15, -0.1) is 6.58 Å². The molecule has 0 N–H and O–H groups in total. The van der Waals surface area contributed by atoms with Crippen molar-refractivity contribution in [2.75, 3.05) is 13.2 Å². The number of phosphoric ester groups is 1. The van der Waals surface area contributed by atoms with Crippen molar-refractivity contribution < 1.29 is 18.1 Å². The van der Waals surface area contributed by atoms with E-state index in [0.29, 0.717) is 6.61 Å². The topological polar surface area (TPSA) is 44.8 Å². The molecule has 4 nitrogen and oxygen atoms in total. The monoisotopic (exact) mass is 178 g/mol. The summed E-state index contributed by atoms with van der Waals surface area (Å²) in [4.78, 5) is 0. The predicted octanol–water partition coefficient (Wildman–Crippen LogP) is 1.73. The zero-order valence-corrected chi connectivity index (χ0v) is 7.25. The minimum absolute atomic E-state index is 0.265. The molecule has 0 spiro atoms. The van der Waals surface area contributed by atoms with Crippen LogP contribution in [0.1, 0.15) is 6.92 Å². The van der Waals surface area contributed by atoms with Crippen LogP contribution in [0, 0.1) is 0 Å². The lowest BCUT2D eigenvalue weighted by atomic mass is 10.4. The molecular weight excluding hydrogens is 167 g/mol. The molecule has 64 valence electrons. The Morgan fingerprint density at radius 1 is 1.91 bits per heavy atom. The molecule has 1 rings (SSSR count). The average molecular weight is 178 g/mol. The molecule has 1 aliphatic heterocycles. The fraction of sp³-hybridized carbons (Fsp3) is 0.667. The van der Waals surface area contributed by atoms with E-state index in [9.17, 15) is 4.57 Å². The zero-order valence-electron chi connectivity index (χ0n) is 6.36. The van der Waals surface area contributed by atoms with E-state index in [4.69, 9.17) is 13.6 Å². The summed E-state index contributed by atoms with van der Waals surface area (Å²) in [5.74, 6) is 0. The Labute approximate surface area is 65.8 Å². The molecule has 0 amide bonds. The summed E-state index contributed by atoms with van der Waals surface area (Å²) in [6.45, 7) is 5.80. The molecule has 0 radical (unpaired) electrons. The molecule has 1 unspecified atom stereocenters. The molecule has 1 heterocycles. The van der Waals surface area contributed by atoms with Crippen LogP contribution in [-0.4, -0.2) is 19.3 Å². The highest BCUT2D eigenvalue weighted by atomic mass is 31.2. The lowest BCUT2D eigenvalue weighted by Gasteiger charge is -2.07. The summed E-state index contributed by atoms with van der Waals surface area (Å²) in [6.07, 6.45) is 1.24. The molecule has 2 atom stereocenters. The van der Waals surface area contributed by atoms with Gasteiger partial charge in [-0.05, 0) is 6.92 Å². The van der Waals surface area contributed by atoms with E-state index in [1.54, 1.807) is 13.0 Å². The van der Waals surface area contributed by atoms with Gasteiger partial charge in [0.05, 0.1) is 13.2 Å². The van der Waals surface area contributed by atoms with Gasteiger partial charge >= 0.3 is 7.82 Å². The molecule has 0 saturated carbocycles. The third kappa shape index (κ3) is 2.14. The molecule has 11 heavy (non-hydrogen) atoms. The third-order valence-electron chi connectivity index (χ3n) is 1.21. The summed E-state index contributed by atoms with van der Waals surface area (Å²) in [7, 11) is -3.21. The van der Waals surface area contributed by atoms with Crippen LogP contribution in [-0.2, 0) is 18.1 Å². The van der Waals surface area contributed by atoms with Crippen molar-refractivity contribution in [3.05, 3.63) is 12.7 Å². The normalized spacial score (nSPS) is 37.4. The van der Waals surface area contributed by atoms with Crippen LogP contribution < -0.4 is 0 Å². The molecule has 0 aliphatic carbocycles. The van der Waals surface area contributed by atoms with E-state index in [-0.39, 0.29) is 12.7 Å². The Morgan fingerprint density at radius 3 is 3.09 bits per heavy atom. The van der Waals surface area contributed by atoms with Gasteiger partial charge in [-0.1, -0.05) is 6.08 Å². The predicted molar refractivity (Wildman–Crippen MR) is 40.3 cm³/mol. The molecule has 1 fully saturated rings. The standard InChI is InChI=1S/C6H11O4P/c1-3-6-5-9-11(7,10-6)8-4-2/h3,6H,1,4-5H2,2H3/t6?,11-/m1/s1. The SMILES string of the molecule is C=CC1CO[P@@](=O)(OCC)O1. The Balaban J connectivity index is 2.50. The van der Waals surface area contributed by atoms with Crippen molar-refractivity contribution in [2.24, 2.45) is 0 Å². The maximum absolute atomic E-state index is 11.3. The van der Waals surface area contributed by atoms with Gasteiger partial charge in [-0.25, -0.2) is 4.57 Å². The van der Waals surface area contributed by atoms with Gasteiger partial charge in [0.1, 0.15) is 6.10 Å². The molecule has 0 aromatic heterocycles. The molecule has 5 heteroatoms. The zero-order chi connectivity index (χ0) is 8.32. The van der Waals surface area contributed by atoms with Crippen LogP contribution in [0.25, 0.3) is 0 Å². The summed E-state index contributed by atoms with van der Waals surface area (Å²) in [6, 6.07) is 0. The van der Waals surface area contributed by atoms with Crippen LogP contribution in [0.5, 0.6) is 0 Å². The highest BCUT2D eigenvalue weighted by Gasteiger charge is 2.36. The van der Waals surface area contributed by atoms with E-state index >= 15 is 0 Å². The lowest BCUT2D eigenvalue weighted by Crippen LogP contribution is -2.02. The second-order valence-electron chi connectivity index (χ2n) is 2.04. The van der Waals surface area contributed by atoms with Crippen LogP contribution in [0.4, 0.5) is 0 Å². The largest absolute Gasteiger partial charge is 0.475 e. The van der Waals surface area contributed by atoms with E-state index < -0.39 is 7.82 Å². The fourth-order valence-corrected chi connectivity index (χ4v) is 2.05. The summed E-state index contributed by atoms with van der Waals surface area (Å²) >= 11 is 0. The number of hydrogen-bond acceptors (Lipinski definition) is 4. The Kier molecular flexibility index (Phi) is 2.84. The van der Waals surface area contributed by atoms with E-state index in [1.807, 2.05) is 0 Å². The minimum atomic E-state index is -3.21. The first-order valence-corrected chi connectivity index (χ1v) is 4.86. The van der Waals surface area contributed by atoms with Crippen molar-refractivity contribution in [1.29, 1.82) is 0 Å². The summed E-state index contributed by atoms with van der Waals surface area (Å²) < 4.78 is 25.8. The molecule has 1 saturated heterocycles. The molecule has 1 aliphatic rings. The van der Waals surface area contributed by atoms with Gasteiger partial charge in [-0.3, -0.25) is 13.6 Å². The van der Waals surface area contributed by atoms with Crippen molar-refractivity contribution in [2.45, 2.75) is 13.0 Å². The quantitative estimate of drug-likeness (QED) is 0.487.